The molecular formula is C16H18N6OS. The summed E-state index contributed by atoms with van der Waals surface area (Å²) >= 11 is 1.30. The SMILES string of the molecule is CC(=O)N1CCN(Cc2cccc(Nc3ncc(C#N)s3)n2)CC1. The van der Waals surface area contributed by atoms with Gasteiger partial charge in [0.25, 0.3) is 0 Å². The minimum Gasteiger partial charge on any atom is -0.340 e. The molecule has 1 aliphatic heterocycles. The van der Waals surface area contributed by atoms with Crippen LogP contribution in [-0.4, -0.2) is 51.9 Å². The van der Waals surface area contributed by atoms with E-state index in [-0.39, 0.29) is 5.91 Å². The van der Waals surface area contributed by atoms with Crippen LogP contribution in [0.2, 0.25) is 0 Å². The summed E-state index contributed by atoms with van der Waals surface area (Å²) in [5, 5.41) is 12.6. The summed E-state index contributed by atoms with van der Waals surface area (Å²) in [6, 6.07) is 7.90. The molecule has 0 aliphatic carbocycles. The van der Waals surface area contributed by atoms with Crippen LogP contribution < -0.4 is 5.32 Å². The number of nitriles is 1. The first-order valence-corrected chi connectivity index (χ1v) is 8.52. The second-order valence-electron chi connectivity index (χ2n) is 5.56. The Morgan fingerprint density at radius 2 is 2.17 bits per heavy atom. The van der Waals surface area contributed by atoms with Gasteiger partial charge >= 0.3 is 0 Å². The molecular weight excluding hydrogens is 324 g/mol. The Balaban J connectivity index is 1.59. The van der Waals surface area contributed by atoms with E-state index >= 15 is 0 Å². The van der Waals surface area contributed by atoms with E-state index in [1.54, 1.807) is 13.1 Å². The molecule has 0 bridgehead atoms. The van der Waals surface area contributed by atoms with Crippen molar-refractivity contribution in [2.75, 3.05) is 31.5 Å². The minimum absolute atomic E-state index is 0.138. The molecule has 3 heterocycles. The van der Waals surface area contributed by atoms with Crippen molar-refractivity contribution < 1.29 is 4.79 Å². The van der Waals surface area contributed by atoms with Gasteiger partial charge < -0.3 is 10.2 Å². The third kappa shape index (κ3) is 4.07. The van der Waals surface area contributed by atoms with E-state index in [0.29, 0.717) is 15.8 Å². The summed E-state index contributed by atoms with van der Waals surface area (Å²) in [5.41, 5.74) is 0.966. The highest BCUT2D eigenvalue weighted by atomic mass is 32.1. The Kier molecular flexibility index (Phi) is 5.03. The Hall–Kier alpha value is -2.50. The summed E-state index contributed by atoms with van der Waals surface area (Å²) in [4.78, 5) is 24.9. The maximum absolute atomic E-state index is 11.4. The van der Waals surface area contributed by atoms with Crippen LogP contribution in [0.4, 0.5) is 10.9 Å². The van der Waals surface area contributed by atoms with Crippen LogP contribution in [0.3, 0.4) is 0 Å². The van der Waals surface area contributed by atoms with Gasteiger partial charge in [-0.2, -0.15) is 5.26 Å². The first-order valence-electron chi connectivity index (χ1n) is 7.71. The zero-order valence-electron chi connectivity index (χ0n) is 13.4. The molecule has 1 N–H and O–H groups in total. The molecule has 7 nitrogen and oxygen atoms in total. The topological polar surface area (TPSA) is 85.2 Å². The molecule has 0 aromatic carbocycles. The number of hydrogen-bond donors (Lipinski definition) is 1. The van der Waals surface area contributed by atoms with Gasteiger partial charge in [0.15, 0.2) is 5.13 Å². The van der Waals surface area contributed by atoms with Crippen LogP contribution in [0.25, 0.3) is 0 Å². The smallest absolute Gasteiger partial charge is 0.219 e. The van der Waals surface area contributed by atoms with E-state index in [9.17, 15) is 4.79 Å². The number of nitrogens with one attached hydrogen (secondary N) is 1. The highest BCUT2D eigenvalue weighted by Gasteiger charge is 2.18. The molecule has 0 unspecified atom stereocenters. The number of aromatic nitrogens is 2. The fourth-order valence-electron chi connectivity index (χ4n) is 2.58. The normalized spacial score (nSPS) is 15.1. The van der Waals surface area contributed by atoms with Crippen LogP contribution in [0, 0.1) is 11.3 Å². The van der Waals surface area contributed by atoms with Crippen LogP contribution in [0.15, 0.2) is 24.4 Å². The van der Waals surface area contributed by atoms with Crippen molar-refractivity contribution in [2.24, 2.45) is 0 Å². The predicted molar refractivity (Wildman–Crippen MR) is 91.9 cm³/mol. The number of piperazine rings is 1. The van der Waals surface area contributed by atoms with Gasteiger partial charge in [0.1, 0.15) is 16.8 Å². The lowest BCUT2D eigenvalue weighted by Gasteiger charge is -2.33. The minimum atomic E-state index is 0.138. The van der Waals surface area contributed by atoms with Gasteiger partial charge in [-0.15, -0.1) is 0 Å². The molecule has 2 aromatic rings. The van der Waals surface area contributed by atoms with Gasteiger partial charge in [-0.05, 0) is 12.1 Å². The van der Waals surface area contributed by atoms with E-state index in [1.165, 1.54) is 11.3 Å². The number of anilines is 2. The second kappa shape index (κ2) is 7.38. The summed E-state index contributed by atoms with van der Waals surface area (Å²) in [6.45, 7) is 5.62. The van der Waals surface area contributed by atoms with Crippen molar-refractivity contribution >= 4 is 28.2 Å². The van der Waals surface area contributed by atoms with Gasteiger partial charge in [-0.1, -0.05) is 17.4 Å². The zero-order valence-corrected chi connectivity index (χ0v) is 14.2. The summed E-state index contributed by atoms with van der Waals surface area (Å²) in [6.07, 6.45) is 1.55. The van der Waals surface area contributed by atoms with Gasteiger partial charge in [0.2, 0.25) is 5.91 Å². The third-order valence-corrected chi connectivity index (χ3v) is 4.68. The Morgan fingerprint density at radius 1 is 1.38 bits per heavy atom. The number of thiazole rings is 1. The average Bonchev–Trinajstić information content (AvgIpc) is 3.03. The summed E-state index contributed by atoms with van der Waals surface area (Å²) < 4.78 is 0. The van der Waals surface area contributed by atoms with Crippen molar-refractivity contribution in [3.05, 3.63) is 35.0 Å². The first-order chi connectivity index (χ1) is 11.6. The molecule has 124 valence electrons. The predicted octanol–water partition coefficient (Wildman–Crippen LogP) is 1.82. The molecule has 1 fully saturated rings. The van der Waals surface area contributed by atoms with Crippen LogP contribution in [0.5, 0.6) is 0 Å². The Morgan fingerprint density at radius 3 is 2.83 bits per heavy atom. The lowest BCUT2D eigenvalue weighted by atomic mass is 10.2. The van der Waals surface area contributed by atoms with Gasteiger partial charge in [0.05, 0.1) is 11.9 Å². The number of carbonyl (C=O) groups is 1. The molecule has 1 amide bonds. The first kappa shape index (κ1) is 16.4. The number of rotatable bonds is 4. The molecule has 8 heteroatoms. The molecule has 0 atom stereocenters. The van der Waals surface area contributed by atoms with Crippen molar-refractivity contribution in [1.82, 2.24) is 19.8 Å². The molecule has 0 radical (unpaired) electrons. The number of hydrogen-bond acceptors (Lipinski definition) is 7. The number of amides is 1. The van der Waals surface area contributed by atoms with E-state index in [4.69, 9.17) is 5.26 Å². The molecule has 1 aliphatic rings. The highest BCUT2D eigenvalue weighted by molar-refractivity contribution is 7.16. The standard InChI is InChI=1S/C16H18N6OS/c1-12(23)22-7-5-21(6-8-22)11-13-3-2-4-15(19-13)20-16-18-10-14(9-17)24-16/h2-4,10H,5-8,11H2,1H3,(H,18,19,20). The second-order valence-corrected chi connectivity index (χ2v) is 6.59. The lowest BCUT2D eigenvalue weighted by molar-refractivity contribution is -0.130. The quantitative estimate of drug-likeness (QED) is 0.912. The van der Waals surface area contributed by atoms with Crippen molar-refractivity contribution in [3.63, 3.8) is 0 Å². The van der Waals surface area contributed by atoms with Crippen LogP contribution in [-0.2, 0) is 11.3 Å². The molecule has 1 saturated heterocycles. The summed E-state index contributed by atoms with van der Waals surface area (Å²) in [7, 11) is 0. The van der Waals surface area contributed by atoms with E-state index in [0.717, 1.165) is 38.4 Å². The van der Waals surface area contributed by atoms with Crippen LogP contribution >= 0.6 is 11.3 Å². The van der Waals surface area contributed by atoms with Crippen LogP contribution in [0.1, 0.15) is 17.5 Å². The molecule has 24 heavy (non-hydrogen) atoms. The van der Waals surface area contributed by atoms with Gasteiger partial charge in [0, 0.05) is 39.6 Å². The van der Waals surface area contributed by atoms with Gasteiger partial charge in [-0.3, -0.25) is 9.69 Å². The van der Waals surface area contributed by atoms with Crippen molar-refractivity contribution in [2.45, 2.75) is 13.5 Å². The van der Waals surface area contributed by atoms with Crippen molar-refractivity contribution in [3.8, 4) is 6.07 Å². The average molecular weight is 342 g/mol. The molecule has 0 spiro atoms. The summed E-state index contributed by atoms with van der Waals surface area (Å²) in [5.74, 6) is 0.855. The fraction of sp³-hybridized carbons (Fsp3) is 0.375. The highest BCUT2D eigenvalue weighted by Crippen LogP contribution is 2.21. The van der Waals surface area contributed by atoms with Gasteiger partial charge in [-0.25, -0.2) is 9.97 Å². The number of nitrogens with zero attached hydrogens (tertiary/aromatic N) is 5. The zero-order chi connectivity index (χ0) is 16.9. The molecule has 3 rings (SSSR count). The monoisotopic (exact) mass is 342 g/mol. The molecule has 2 aromatic heterocycles. The Labute approximate surface area is 144 Å². The van der Waals surface area contributed by atoms with E-state index < -0.39 is 0 Å². The Bertz CT molecular complexity index is 760. The largest absolute Gasteiger partial charge is 0.340 e. The lowest BCUT2D eigenvalue weighted by Crippen LogP contribution is -2.47. The van der Waals surface area contributed by atoms with Crippen molar-refractivity contribution in [1.29, 1.82) is 5.26 Å². The maximum Gasteiger partial charge on any atom is 0.219 e. The molecule has 0 saturated carbocycles. The number of carbonyl (C=O) groups excluding carboxylic acids is 1. The van der Waals surface area contributed by atoms with E-state index in [2.05, 4.69) is 26.3 Å². The third-order valence-electron chi connectivity index (χ3n) is 3.86. The van der Waals surface area contributed by atoms with E-state index in [1.807, 2.05) is 23.1 Å². The fourth-order valence-corrected chi connectivity index (χ4v) is 3.20. The maximum atomic E-state index is 11.4. The number of pyridine rings is 1.